The smallest absolute Gasteiger partial charge is 0.312 e. The van der Waals surface area contributed by atoms with Crippen LogP contribution in [0.4, 0.5) is 0 Å². The van der Waals surface area contributed by atoms with Gasteiger partial charge < -0.3 is 10.4 Å². The monoisotopic (exact) mass is 328 g/mol. The number of hydrogen-bond donors (Lipinski definition) is 3. The van der Waals surface area contributed by atoms with Gasteiger partial charge in [-0.15, -0.1) is 0 Å². The molecule has 0 fully saturated rings. The van der Waals surface area contributed by atoms with E-state index in [0.717, 1.165) is 6.26 Å². The SMILES string of the molecule is CC(C)(NS(C)(=O)=O)C(=O)NCC(C(=O)O)c1ccccc1. The third-order valence-electron chi connectivity index (χ3n) is 2.97. The van der Waals surface area contributed by atoms with Crippen LogP contribution in [0.2, 0.25) is 0 Å². The highest BCUT2D eigenvalue weighted by molar-refractivity contribution is 7.88. The molecule has 122 valence electrons. The average Bonchev–Trinajstić information content (AvgIpc) is 2.36. The molecule has 1 amide bonds. The Labute approximate surface area is 129 Å². The summed E-state index contributed by atoms with van der Waals surface area (Å²) in [6.45, 7) is 2.68. The average molecular weight is 328 g/mol. The molecule has 0 aliphatic rings. The summed E-state index contributed by atoms with van der Waals surface area (Å²) in [5, 5.41) is 11.7. The minimum Gasteiger partial charge on any atom is -0.481 e. The molecule has 0 saturated carbocycles. The molecule has 1 aromatic rings. The predicted molar refractivity (Wildman–Crippen MR) is 81.9 cm³/mol. The van der Waals surface area contributed by atoms with Gasteiger partial charge in [0.05, 0.1) is 12.2 Å². The number of benzene rings is 1. The fraction of sp³-hybridized carbons (Fsp3) is 0.429. The fourth-order valence-electron chi connectivity index (χ4n) is 1.96. The normalized spacial score (nSPS) is 13.4. The standard InChI is InChI=1S/C14H20N2O5S/c1-14(2,16-22(3,20)21)13(19)15-9-11(12(17)18)10-7-5-4-6-8-10/h4-8,11,16H,9H2,1-3H3,(H,15,19)(H,17,18). The van der Waals surface area contributed by atoms with Crippen molar-refractivity contribution in [1.82, 2.24) is 10.0 Å². The molecule has 0 spiro atoms. The Morgan fingerprint density at radius 2 is 1.77 bits per heavy atom. The van der Waals surface area contributed by atoms with E-state index in [9.17, 15) is 23.1 Å². The molecule has 0 aliphatic heterocycles. The number of sulfonamides is 1. The van der Waals surface area contributed by atoms with Crippen molar-refractivity contribution in [3.05, 3.63) is 35.9 Å². The largest absolute Gasteiger partial charge is 0.481 e. The zero-order valence-corrected chi connectivity index (χ0v) is 13.5. The van der Waals surface area contributed by atoms with Crippen LogP contribution >= 0.6 is 0 Å². The number of carboxylic acids is 1. The molecule has 3 N–H and O–H groups in total. The van der Waals surface area contributed by atoms with E-state index in [1.54, 1.807) is 30.3 Å². The molecule has 0 aliphatic carbocycles. The van der Waals surface area contributed by atoms with Gasteiger partial charge in [-0.05, 0) is 19.4 Å². The van der Waals surface area contributed by atoms with E-state index in [1.165, 1.54) is 13.8 Å². The zero-order valence-electron chi connectivity index (χ0n) is 12.7. The first-order valence-electron chi connectivity index (χ1n) is 6.58. The van der Waals surface area contributed by atoms with Crippen molar-refractivity contribution >= 4 is 21.9 Å². The van der Waals surface area contributed by atoms with Crippen LogP contribution in [0.1, 0.15) is 25.3 Å². The lowest BCUT2D eigenvalue weighted by Crippen LogP contribution is -2.55. The summed E-state index contributed by atoms with van der Waals surface area (Å²) in [4.78, 5) is 23.4. The maximum Gasteiger partial charge on any atom is 0.312 e. The van der Waals surface area contributed by atoms with Crippen LogP contribution in [-0.2, 0) is 19.6 Å². The Morgan fingerprint density at radius 3 is 2.23 bits per heavy atom. The van der Waals surface area contributed by atoms with E-state index in [4.69, 9.17) is 0 Å². The van der Waals surface area contributed by atoms with E-state index in [0.29, 0.717) is 5.56 Å². The van der Waals surface area contributed by atoms with Crippen molar-refractivity contribution in [2.24, 2.45) is 0 Å². The summed E-state index contributed by atoms with van der Waals surface area (Å²) < 4.78 is 24.7. The van der Waals surface area contributed by atoms with Gasteiger partial charge in [0.25, 0.3) is 0 Å². The van der Waals surface area contributed by atoms with Crippen LogP contribution in [0.3, 0.4) is 0 Å². The van der Waals surface area contributed by atoms with Gasteiger partial charge in [-0.3, -0.25) is 9.59 Å². The van der Waals surface area contributed by atoms with Gasteiger partial charge in [0, 0.05) is 6.54 Å². The summed E-state index contributed by atoms with van der Waals surface area (Å²) in [5.41, 5.74) is -0.808. The molecular weight excluding hydrogens is 308 g/mol. The number of nitrogens with one attached hydrogen (secondary N) is 2. The van der Waals surface area contributed by atoms with Gasteiger partial charge >= 0.3 is 5.97 Å². The van der Waals surface area contributed by atoms with Gasteiger partial charge in [-0.2, -0.15) is 0 Å². The van der Waals surface area contributed by atoms with Gasteiger partial charge in [-0.25, -0.2) is 13.1 Å². The lowest BCUT2D eigenvalue weighted by Gasteiger charge is -2.25. The van der Waals surface area contributed by atoms with E-state index >= 15 is 0 Å². The van der Waals surface area contributed by atoms with Crippen LogP contribution < -0.4 is 10.0 Å². The second-order valence-corrected chi connectivity index (χ2v) is 7.26. The molecule has 0 heterocycles. The van der Waals surface area contributed by atoms with Crippen LogP contribution in [0.15, 0.2) is 30.3 Å². The molecular formula is C14H20N2O5S. The third kappa shape index (κ3) is 5.45. The first-order valence-corrected chi connectivity index (χ1v) is 8.47. The molecule has 0 radical (unpaired) electrons. The summed E-state index contributed by atoms with van der Waals surface area (Å²) in [7, 11) is -3.56. The van der Waals surface area contributed by atoms with Crippen LogP contribution in [-0.4, -0.2) is 43.7 Å². The van der Waals surface area contributed by atoms with Crippen LogP contribution in [0.5, 0.6) is 0 Å². The Morgan fingerprint density at radius 1 is 1.23 bits per heavy atom. The maximum atomic E-state index is 12.1. The Bertz CT molecular complexity index is 640. The predicted octanol–water partition coefficient (Wildman–Crippen LogP) is 0.299. The summed E-state index contributed by atoms with van der Waals surface area (Å²) in [6.07, 6.45) is 0.950. The maximum absolute atomic E-state index is 12.1. The molecule has 1 rings (SSSR count). The van der Waals surface area contributed by atoms with Crippen molar-refractivity contribution in [1.29, 1.82) is 0 Å². The first-order chi connectivity index (χ1) is 10.0. The minimum atomic E-state index is -3.56. The third-order valence-corrected chi connectivity index (χ3v) is 3.86. The van der Waals surface area contributed by atoms with E-state index in [2.05, 4.69) is 10.0 Å². The molecule has 0 bridgehead atoms. The molecule has 7 nitrogen and oxygen atoms in total. The number of carbonyl (C=O) groups is 2. The molecule has 1 aromatic carbocycles. The lowest BCUT2D eigenvalue weighted by molar-refractivity contribution is -0.138. The summed E-state index contributed by atoms with van der Waals surface area (Å²) >= 11 is 0. The number of amides is 1. The molecule has 0 saturated heterocycles. The summed E-state index contributed by atoms with van der Waals surface area (Å²) in [6, 6.07) is 8.50. The number of carboxylic acid groups (broad SMARTS) is 1. The number of carbonyl (C=O) groups excluding carboxylic acids is 1. The van der Waals surface area contributed by atoms with Crippen molar-refractivity contribution in [3.63, 3.8) is 0 Å². The Hall–Kier alpha value is -1.93. The molecule has 8 heteroatoms. The first kappa shape index (κ1) is 18.1. The van der Waals surface area contributed by atoms with Gasteiger partial charge in [0.2, 0.25) is 15.9 Å². The highest BCUT2D eigenvalue weighted by atomic mass is 32.2. The Balaban J connectivity index is 2.78. The van der Waals surface area contributed by atoms with Crippen molar-refractivity contribution in [2.45, 2.75) is 25.3 Å². The number of aliphatic carboxylic acids is 1. The zero-order chi connectivity index (χ0) is 17.0. The number of hydrogen-bond acceptors (Lipinski definition) is 4. The highest BCUT2D eigenvalue weighted by Crippen LogP contribution is 2.15. The number of rotatable bonds is 7. The molecule has 1 unspecified atom stereocenters. The quantitative estimate of drug-likeness (QED) is 0.666. The van der Waals surface area contributed by atoms with E-state index in [1.807, 2.05) is 0 Å². The van der Waals surface area contributed by atoms with Gasteiger partial charge in [0.1, 0.15) is 5.54 Å². The summed E-state index contributed by atoms with van der Waals surface area (Å²) in [5.74, 6) is -2.57. The topological polar surface area (TPSA) is 113 Å². The highest BCUT2D eigenvalue weighted by Gasteiger charge is 2.31. The second kappa shape index (κ2) is 6.89. The lowest BCUT2D eigenvalue weighted by atomic mass is 9.98. The van der Waals surface area contributed by atoms with Crippen LogP contribution in [0.25, 0.3) is 0 Å². The molecule has 0 aromatic heterocycles. The Kier molecular flexibility index (Phi) is 5.67. The van der Waals surface area contributed by atoms with Gasteiger partial charge in [0.15, 0.2) is 0 Å². The second-order valence-electron chi connectivity index (χ2n) is 5.51. The van der Waals surface area contributed by atoms with E-state index in [-0.39, 0.29) is 6.54 Å². The van der Waals surface area contributed by atoms with Crippen molar-refractivity contribution < 1.29 is 23.1 Å². The fourth-order valence-corrected chi connectivity index (χ4v) is 2.98. The molecule has 1 atom stereocenters. The minimum absolute atomic E-state index is 0.132. The van der Waals surface area contributed by atoms with Crippen LogP contribution in [0, 0.1) is 0 Å². The van der Waals surface area contributed by atoms with Gasteiger partial charge in [-0.1, -0.05) is 30.3 Å². The molecule has 22 heavy (non-hydrogen) atoms. The van der Waals surface area contributed by atoms with E-state index < -0.39 is 33.4 Å². The van der Waals surface area contributed by atoms with Crippen molar-refractivity contribution in [3.8, 4) is 0 Å². The van der Waals surface area contributed by atoms with Crippen molar-refractivity contribution in [2.75, 3.05) is 12.8 Å².